The standard InChI is InChI=1S/C17H11IN2O/c18-13-7-4-8-15-17(13)20(12-5-2-1-3-6-12)14-9-10-19-11-16(14)21-15/h1-11H. The van der Waals surface area contributed by atoms with E-state index in [0.29, 0.717) is 0 Å². The molecule has 0 saturated heterocycles. The van der Waals surface area contributed by atoms with Gasteiger partial charge in [-0.1, -0.05) is 24.3 Å². The van der Waals surface area contributed by atoms with Gasteiger partial charge in [-0.25, -0.2) is 0 Å². The minimum atomic E-state index is 0.774. The number of halogens is 1. The first-order chi connectivity index (χ1) is 10.3. The molecule has 0 bridgehead atoms. The third-order valence-electron chi connectivity index (χ3n) is 3.41. The van der Waals surface area contributed by atoms with Gasteiger partial charge in [0.25, 0.3) is 0 Å². The maximum absolute atomic E-state index is 6.00. The lowest BCUT2D eigenvalue weighted by Crippen LogP contribution is -2.17. The van der Waals surface area contributed by atoms with E-state index in [1.165, 1.54) is 0 Å². The fourth-order valence-electron chi connectivity index (χ4n) is 2.52. The number of ether oxygens (including phenoxy) is 1. The van der Waals surface area contributed by atoms with Crippen LogP contribution in [0.25, 0.3) is 0 Å². The van der Waals surface area contributed by atoms with Crippen LogP contribution in [-0.4, -0.2) is 4.98 Å². The second-order valence-electron chi connectivity index (χ2n) is 4.70. The second kappa shape index (κ2) is 5.04. The van der Waals surface area contributed by atoms with Crippen molar-refractivity contribution in [2.24, 2.45) is 0 Å². The number of para-hydroxylation sites is 2. The van der Waals surface area contributed by atoms with E-state index in [9.17, 15) is 0 Å². The van der Waals surface area contributed by atoms with Crippen molar-refractivity contribution in [1.29, 1.82) is 0 Å². The van der Waals surface area contributed by atoms with Gasteiger partial charge in [-0.2, -0.15) is 0 Å². The molecule has 2 aromatic carbocycles. The predicted molar refractivity (Wildman–Crippen MR) is 91.7 cm³/mol. The van der Waals surface area contributed by atoms with Crippen LogP contribution in [-0.2, 0) is 0 Å². The molecule has 0 atom stereocenters. The topological polar surface area (TPSA) is 25.4 Å². The molecule has 0 radical (unpaired) electrons. The van der Waals surface area contributed by atoms with E-state index in [1.807, 2.05) is 36.4 Å². The van der Waals surface area contributed by atoms with Crippen molar-refractivity contribution in [2.75, 3.05) is 4.90 Å². The fourth-order valence-corrected chi connectivity index (χ4v) is 3.23. The number of anilines is 3. The molecule has 0 unspecified atom stereocenters. The lowest BCUT2D eigenvalue weighted by atomic mass is 10.1. The summed E-state index contributed by atoms with van der Waals surface area (Å²) in [7, 11) is 0. The van der Waals surface area contributed by atoms with Gasteiger partial charge >= 0.3 is 0 Å². The highest BCUT2D eigenvalue weighted by Gasteiger charge is 2.27. The maximum Gasteiger partial charge on any atom is 0.169 e. The van der Waals surface area contributed by atoms with Gasteiger partial charge in [0.15, 0.2) is 11.5 Å². The normalized spacial score (nSPS) is 12.3. The number of rotatable bonds is 1. The molecule has 1 aromatic heterocycles. The van der Waals surface area contributed by atoms with Crippen molar-refractivity contribution in [3.8, 4) is 11.5 Å². The Kier molecular flexibility index (Phi) is 3.03. The smallest absolute Gasteiger partial charge is 0.169 e. The first-order valence-corrected chi connectivity index (χ1v) is 7.68. The summed E-state index contributed by atoms with van der Waals surface area (Å²) in [5.41, 5.74) is 3.19. The average molecular weight is 386 g/mol. The summed E-state index contributed by atoms with van der Waals surface area (Å²) >= 11 is 2.35. The Balaban J connectivity index is 2.01. The second-order valence-corrected chi connectivity index (χ2v) is 5.87. The van der Waals surface area contributed by atoms with Gasteiger partial charge < -0.3 is 9.64 Å². The zero-order valence-corrected chi connectivity index (χ0v) is 13.2. The maximum atomic E-state index is 6.00. The van der Waals surface area contributed by atoms with E-state index in [2.05, 4.69) is 50.7 Å². The van der Waals surface area contributed by atoms with Gasteiger partial charge in [0, 0.05) is 15.5 Å². The lowest BCUT2D eigenvalue weighted by molar-refractivity contribution is 0.474. The molecular formula is C17H11IN2O. The Labute approximate surface area is 136 Å². The monoisotopic (exact) mass is 386 g/mol. The largest absolute Gasteiger partial charge is 0.451 e. The minimum Gasteiger partial charge on any atom is -0.451 e. The predicted octanol–water partition coefficient (Wildman–Crippen LogP) is 5.26. The molecule has 0 spiro atoms. The molecule has 3 nitrogen and oxygen atoms in total. The highest BCUT2D eigenvalue weighted by atomic mass is 127. The van der Waals surface area contributed by atoms with E-state index in [-0.39, 0.29) is 0 Å². The number of benzene rings is 2. The summed E-state index contributed by atoms with van der Waals surface area (Å²) in [6.45, 7) is 0. The van der Waals surface area contributed by atoms with Crippen LogP contribution in [0.3, 0.4) is 0 Å². The van der Waals surface area contributed by atoms with Gasteiger partial charge in [0.2, 0.25) is 0 Å². The van der Waals surface area contributed by atoms with Crippen molar-refractivity contribution in [3.05, 3.63) is 70.6 Å². The van der Waals surface area contributed by atoms with E-state index in [0.717, 1.165) is 32.1 Å². The third-order valence-corrected chi connectivity index (χ3v) is 4.28. The highest BCUT2D eigenvalue weighted by molar-refractivity contribution is 14.1. The molecule has 0 N–H and O–H groups in total. The molecule has 4 rings (SSSR count). The van der Waals surface area contributed by atoms with Crippen LogP contribution in [0, 0.1) is 3.57 Å². The molecule has 21 heavy (non-hydrogen) atoms. The molecule has 4 heteroatoms. The van der Waals surface area contributed by atoms with Crippen molar-refractivity contribution in [2.45, 2.75) is 0 Å². The Morgan fingerprint density at radius 1 is 0.905 bits per heavy atom. The number of nitrogens with zero attached hydrogens (tertiary/aromatic N) is 2. The van der Waals surface area contributed by atoms with Crippen LogP contribution in [0.15, 0.2) is 67.0 Å². The summed E-state index contributed by atoms with van der Waals surface area (Å²) in [4.78, 5) is 6.39. The molecule has 0 saturated carbocycles. The van der Waals surface area contributed by atoms with Crippen LogP contribution < -0.4 is 9.64 Å². The number of hydrogen-bond acceptors (Lipinski definition) is 3. The molecule has 1 aliphatic heterocycles. The zero-order chi connectivity index (χ0) is 14.2. The first-order valence-electron chi connectivity index (χ1n) is 6.60. The fraction of sp³-hybridized carbons (Fsp3) is 0. The first kappa shape index (κ1) is 12.6. The van der Waals surface area contributed by atoms with E-state index < -0.39 is 0 Å². The summed E-state index contributed by atoms with van der Waals surface area (Å²) in [6, 6.07) is 18.4. The minimum absolute atomic E-state index is 0.774. The Hall–Kier alpha value is -2.08. The van der Waals surface area contributed by atoms with Crippen molar-refractivity contribution >= 4 is 39.7 Å². The molecular weight excluding hydrogens is 375 g/mol. The zero-order valence-electron chi connectivity index (χ0n) is 11.0. The van der Waals surface area contributed by atoms with Crippen LogP contribution in [0.2, 0.25) is 0 Å². The Morgan fingerprint density at radius 2 is 1.76 bits per heavy atom. The number of hydrogen-bond donors (Lipinski definition) is 0. The van der Waals surface area contributed by atoms with Crippen LogP contribution >= 0.6 is 22.6 Å². The van der Waals surface area contributed by atoms with Gasteiger partial charge in [0.05, 0.1) is 11.9 Å². The number of fused-ring (bicyclic) bond motifs is 2. The lowest BCUT2D eigenvalue weighted by Gasteiger charge is -2.33. The number of pyridine rings is 1. The van der Waals surface area contributed by atoms with Crippen molar-refractivity contribution in [1.82, 2.24) is 4.98 Å². The number of aromatic nitrogens is 1. The summed E-state index contributed by atoms with van der Waals surface area (Å²) < 4.78 is 7.15. The van der Waals surface area contributed by atoms with E-state index in [1.54, 1.807) is 12.4 Å². The quantitative estimate of drug-likeness (QED) is 0.417. The van der Waals surface area contributed by atoms with Crippen molar-refractivity contribution < 1.29 is 4.74 Å². The molecule has 0 aliphatic carbocycles. The SMILES string of the molecule is Ic1cccc2c1N(c1ccccc1)c1ccncc1O2. The van der Waals surface area contributed by atoms with Crippen LogP contribution in [0.5, 0.6) is 11.5 Å². The van der Waals surface area contributed by atoms with E-state index in [4.69, 9.17) is 4.74 Å². The molecule has 102 valence electrons. The Morgan fingerprint density at radius 3 is 2.62 bits per heavy atom. The molecule has 1 aliphatic rings. The van der Waals surface area contributed by atoms with Gasteiger partial charge in [0.1, 0.15) is 5.69 Å². The average Bonchev–Trinajstić information content (AvgIpc) is 2.54. The molecule has 0 amide bonds. The summed E-state index contributed by atoms with van der Waals surface area (Å²) in [5, 5.41) is 0. The highest BCUT2D eigenvalue weighted by Crippen LogP contribution is 2.51. The van der Waals surface area contributed by atoms with Gasteiger partial charge in [-0.05, 0) is 52.9 Å². The van der Waals surface area contributed by atoms with Gasteiger partial charge in [-0.15, -0.1) is 0 Å². The van der Waals surface area contributed by atoms with Crippen molar-refractivity contribution in [3.63, 3.8) is 0 Å². The third kappa shape index (κ3) is 2.06. The molecule has 2 heterocycles. The van der Waals surface area contributed by atoms with E-state index >= 15 is 0 Å². The van der Waals surface area contributed by atoms with Crippen LogP contribution in [0.1, 0.15) is 0 Å². The molecule has 0 fully saturated rings. The summed E-state index contributed by atoms with van der Waals surface area (Å²) in [6.07, 6.45) is 3.55. The Bertz CT molecular complexity index is 805. The van der Waals surface area contributed by atoms with Gasteiger partial charge in [-0.3, -0.25) is 4.98 Å². The summed E-state index contributed by atoms with van der Waals surface area (Å²) in [5.74, 6) is 1.63. The van der Waals surface area contributed by atoms with Crippen LogP contribution in [0.4, 0.5) is 17.1 Å². The molecule has 3 aromatic rings.